The molecule has 0 aliphatic heterocycles. The summed E-state index contributed by atoms with van der Waals surface area (Å²) in [5.41, 5.74) is 2.16. The maximum Gasteiger partial charge on any atom is 0.245 e. The molecule has 0 aliphatic carbocycles. The predicted molar refractivity (Wildman–Crippen MR) is 99.1 cm³/mol. The van der Waals surface area contributed by atoms with Crippen LogP contribution >= 0.6 is 0 Å². The van der Waals surface area contributed by atoms with E-state index in [1.54, 1.807) is 12.5 Å². The Morgan fingerprint density at radius 3 is 2.56 bits per heavy atom. The molecule has 0 bridgehead atoms. The van der Waals surface area contributed by atoms with Crippen LogP contribution < -0.4 is 15.5 Å². The Morgan fingerprint density at radius 1 is 1.08 bits per heavy atom. The molecule has 0 spiro atoms. The summed E-state index contributed by atoms with van der Waals surface area (Å²) in [5.74, 6) is 1.89. The number of aromatic nitrogens is 3. The summed E-state index contributed by atoms with van der Waals surface area (Å²) in [5, 5.41) is 14.3. The smallest absolute Gasteiger partial charge is 0.245 e. The van der Waals surface area contributed by atoms with Gasteiger partial charge >= 0.3 is 0 Å². The third kappa shape index (κ3) is 4.47. The number of anilines is 4. The van der Waals surface area contributed by atoms with Gasteiger partial charge in [0.2, 0.25) is 5.95 Å². The molecule has 25 heavy (non-hydrogen) atoms. The van der Waals surface area contributed by atoms with Crippen LogP contribution in [0.3, 0.4) is 0 Å². The third-order valence-electron chi connectivity index (χ3n) is 3.83. The van der Waals surface area contributed by atoms with E-state index in [9.17, 15) is 0 Å². The summed E-state index contributed by atoms with van der Waals surface area (Å²) < 4.78 is 5.27. The lowest BCUT2D eigenvalue weighted by Gasteiger charge is -2.21. The molecular formula is C18H22N6O. The van der Waals surface area contributed by atoms with Crippen molar-refractivity contribution in [2.45, 2.75) is 20.4 Å². The van der Waals surface area contributed by atoms with Crippen LogP contribution in [0.15, 0.2) is 53.3 Å². The van der Waals surface area contributed by atoms with Gasteiger partial charge in [0.15, 0.2) is 5.82 Å². The molecule has 0 unspecified atom stereocenters. The number of benzene rings is 1. The molecule has 2 N–H and O–H groups in total. The van der Waals surface area contributed by atoms with Gasteiger partial charge in [0.05, 0.1) is 19.0 Å². The van der Waals surface area contributed by atoms with Gasteiger partial charge in [-0.25, -0.2) is 0 Å². The third-order valence-corrected chi connectivity index (χ3v) is 3.83. The summed E-state index contributed by atoms with van der Waals surface area (Å²) >= 11 is 0. The highest BCUT2D eigenvalue weighted by Gasteiger charge is 2.04. The van der Waals surface area contributed by atoms with E-state index in [4.69, 9.17) is 4.42 Å². The minimum Gasteiger partial charge on any atom is -0.467 e. The van der Waals surface area contributed by atoms with Crippen molar-refractivity contribution in [1.29, 1.82) is 0 Å². The second kappa shape index (κ2) is 8.14. The van der Waals surface area contributed by atoms with E-state index in [0.29, 0.717) is 18.3 Å². The molecule has 0 saturated heterocycles. The normalized spacial score (nSPS) is 10.5. The summed E-state index contributed by atoms with van der Waals surface area (Å²) in [6.45, 7) is 6.79. The first kappa shape index (κ1) is 16.8. The fourth-order valence-corrected chi connectivity index (χ4v) is 2.51. The fourth-order valence-electron chi connectivity index (χ4n) is 2.51. The Morgan fingerprint density at radius 2 is 1.88 bits per heavy atom. The van der Waals surface area contributed by atoms with E-state index >= 15 is 0 Å². The molecule has 0 fully saturated rings. The van der Waals surface area contributed by atoms with Gasteiger partial charge in [0.1, 0.15) is 5.76 Å². The Labute approximate surface area is 147 Å². The maximum atomic E-state index is 5.27. The van der Waals surface area contributed by atoms with Crippen LogP contribution in [-0.2, 0) is 6.54 Å². The van der Waals surface area contributed by atoms with Gasteiger partial charge in [-0.3, -0.25) is 0 Å². The standard InChI is InChI=1S/C18H22N6O/c1-3-24(4-2)15-9-7-14(8-10-15)21-17-13-20-23-18(22-17)19-12-16-6-5-11-25-16/h5-11,13H,3-4,12H2,1-2H3,(H2,19,21,22,23). The van der Waals surface area contributed by atoms with Crippen LogP contribution in [0.2, 0.25) is 0 Å². The topological polar surface area (TPSA) is 79.1 Å². The maximum absolute atomic E-state index is 5.27. The molecular weight excluding hydrogens is 316 g/mol. The van der Waals surface area contributed by atoms with E-state index < -0.39 is 0 Å². The van der Waals surface area contributed by atoms with Crippen molar-refractivity contribution in [2.24, 2.45) is 0 Å². The zero-order valence-corrected chi connectivity index (χ0v) is 14.4. The zero-order chi connectivity index (χ0) is 17.5. The molecule has 0 radical (unpaired) electrons. The van der Waals surface area contributed by atoms with E-state index in [-0.39, 0.29) is 0 Å². The van der Waals surface area contributed by atoms with Crippen LogP contribution in [0, 0.1) is 0 Å². The Bertz CT molecular complexity index is 769. The van der Waals surface area contributed by atoms with E-state index in [1.165, 1.54) is 5.69 Å². The number of hydrogen-bond donors (Lipinski definition) is 2. The average molecular weight is 338 g/mol. The molecule has 0 aliphatic rings. The molecule has 1 aromatic carbocycles. The molecule has 2 heterocycles. The predicted octanol–water partition coefficient (Wildman–Crippen LogP) is 3.67. The summed E-state index contributed by atoms with van der Waals surface area (Å²) in [6.07, 6.45) is 3.23. The number of furan rings is 1. The van der Waals surface area contributed by atoms with E-state index in [1.807, 2.05) is 24.3 Å². The minimum absolute atomic E-state index is 0.446. The summed E-state index contributed by atoms with van der Waals surface area (Å²) in [6, 6.07) is 12.0. The lowest BCUT2D eigenvalue weighted by molar-refractivity contribution is 0.517. The molecule has 0 saturated carbocycles. The Kier molecular flexibility index (Phi) is 5.46. The lowest BCUT2D eigenvalue weighted by Crippen LogP contribution is -2.21. The van der Waals surface area contributed by atoms with Crippen LogP contribution in [0.4, 0.5) is 23.1 Å². The SMILES string of the molecule is CCN(CC)c1ccc(Nc2cnnc(NCc3ccco3)n2)cc1. The molecule has 2 aromatic heterocycles. The van der Waals surface area contributed by atoms with Crippen molar-refractivity contribution in [1.82, 2.24) is 15.2 Å². The van der Waals surface area contributed by atoms with E-state index in [0.717, 1.165) is 24.5 Å². The highest BCUT2D eigenvalue weighted by molar-refractivity contribution is 5.60. The van der Waals surface area contributed by atoms with Crippen molar-refractivity contribution in [3.05, 3.63) is 54.6 Å². The molecule has 130 valence electrons. The summed E-state index contributed by atoms with van der Waals surface area (Å²) in [4.78, 5) is 6.71. The number of hydrogen-bond acceptors (Lipinski definition) is 7. The quantitative estimate of drug-likeness (QED) is 0.649. The van der Waals surface area contributed by atoms with Gasteiger partial charge in [-0.15, -0.1) is 5.10 Å². The van der Waals surface area contributed by atoms with Gasteiger partial charge in [-0.1, -0.05) is 0 Å². The van der Waals surface area contributed by atoms with Gasteiger partial charge in [-0.05, 0) is 50.2 Å². The molecule has 7 nitrogen and oxygen atoms in total. The second-order valence-electron chi connectivity index (χ2n) is 5.44. The lowest BCUT2D eigenvalue weighted by atomic mass is 10.2. The minimum atomic E-state index is 0.446. The van der Waals surface area contributed by atoms with Gasteiger partial charge in [0, 0.05) is 24.5 Å². The molecule has 0 atom stereocenters. The second-order valence-corrected chi connectivity index (χ2v) is 5.44. The summed E-state index contributed by atoms with van der Waals surface area (Å²) in [7, 11) is 0. The first-order valence-corrected chi connectivity index (χ1v) is 8.36. The zero-order valence-electron chi connectivity index (χ0n) is 14.4. The Hall–Kier alpha value is -3.09. The fraction of sp³-hybridized carbons (Fsp3) is 0.278. The Balaban J connectivity index is 1.63. The van der Waals surface area contributed by atoms with Crippen molar-refractivity contribution in [2.75, 3.05) is 28.6 Å². The number of rotatable bonds is 8. The molecule has 7 heteroatoms. The monoisotopic (exact) mass is 338 g/mol. The average Bonchev–Trinajstić information content (AvgIpc) is 3.16. The molecule has 3 aromatic rings. The largest absolute Gasteiger partial charge is 0.467 e. The number of nitrogens with zero attached hydrogens (tertiary/aromatic N) is 4. The highest BCUT2D eigenvalue weighted by Crippen LogP contribution is 2.20. The van der Waals surface area contributed by atoms with Gasteiger partial charge in [-0.2, -0.15) is 10.1 Å². The molecule has 3 rings (SSSR count). The van der Waals surface area contributed by atoms with Crippen molar-refractivity contribution < 1.29 is 4.42 Å². The first-order chi connectivity index (χ1) is 12.3. The van der Waals surface area contributed by atoms with Crippen LogP contribution in [-0.4, -0.2) is 28.3 Å². The first-order valence-electron chi connectivity index (χ1n) is 8.36. The van der Waals surface area contributed by atoms with Crippen LogP contribution in [0.1, 0.15) is 19.6 Å². The van der Waals surface area contributed by atoms with Crippen LogP contribution in [0.5, 0.6) is 0 Å². The van der Waals surface area contributed by atoms with Crippen molar-refractivity contribution >= 4 is 23.1 Å². The highest BCUT2D eigenvalue weighted by atomic mass is 16.3. The van der Waals surface area contributed by atoms with Gasteiger partial charge < -0.3 is 20.0 Å². The number of nitrogens with one attached hydrogen (secondary N) is 2. The van der Waals surface area contributed by atoms with E-state index in [2.05, 4.69) is 56.7 Å². The van der Waals surface area contributed by atoms with Gasteiger partial charge in [0.25, 0.3) is 0 Å². The van der Waals surface area contributed by atoms with Crippen molar-refractivity contribution in [3.8, 4) is 0 Å². The van der Waals surface area contributed by atoms with Crippen molar-refractivity contribution in [3.63, 3.8) is 0 Å². The molecule has 0 amide bonds. The van der Waals surface area contributed by atoms with Crippen LogP contribution in [0.25, 0.3) is 0 Å².